The van der Waals surface area contributed by atoms with Crippen molar-refractivity contribution in [3.63, 3.8) is 0 Å². The lowest BCUT2D eigenvalue weighted by Crippen LogP contribution is -2.06. The van der Waals surface area contributed by atoms with Gasteiger partial charge in [0.05, 0.1) is 0 Å². The molecule has 1 aromatic heterocycles. The zero-order valence-electron chi connectivity index (χ0n) is 13.9. The van der Waals surface area contributed by atoms with E-state index in [1.54, 1.807) is 0 Å². The van der Waals surface area contributed by atoms with Gasteiger partial charge in [0.15, 0.2) is 0 Å². The average Bonchev–Trinajstić information content (AvgIpc) is 2.92. The molecule has 2 nitrogen and oxygen atoms in total. The van der Waals surface area contributed by atoms with Crippen LogP contribution in [0, 0.1) is 27.7 Å². The summed E-state index contributed by atoms with van der Waals surface area (Å²) in [5.74, 6) is 0. The summed E-state index contributed by atoms with van der Waals surface area (Å²) in [6.45, 7) is 9.65. The van der Waals surface area contributed by atoms with Crippen molar-refractivity contribution in [1.29, 1.82) is 0 Å². The first-order chi connectivity index (χ1) is 10.6. The third-order valence-corrected chi connectivity index (χ3v) is 4.78. The number of benzene rings is 2. The van der Waals surface area contributed by atoms with Gasteiger partial charge in [0, 0.05) is 29.3 Å². The van der Waals surface area contributed by atoms with Gasteiger partial charge in [0.2, 0.25) is 0 Å². The minimum Gasteiger partial charge on any atom is -0.384 e. The molecule has 0 atom stereocenters. The number of hydrogen-bond acceptors (Lipinski definition) is 1. The molecule has 22 heavy (non-hydrogen) atoms. The second-order valence-corrected chi connectivity index (χ2v) is 6.17. The lowest BCUT2D eigenvalue weighted by molar-refractivity contribution is 1.02. The van der Waals surface area contributed by atoms with Crippen LogP contribution in [0.15, 0.2) is 36.5 Å². The Kier molecular flexibility index (Phi) is 3.93. The minimum absolute atomic E-state index is 0.949. The molecule has 2 heteroatoms. The van der Waals surface area contributed by atoms with Crippen molar-refractivity contribution in [1.82, 2.24) is 4.98 Å². The Balaban J connectivity index is 1.73. The number of aromatic amines is 1. The smallest absolute Gasteiger partial charge is 0.0486 e. The summed E-state index contributed by atoms with van der Waals surface area (Å²) in [5.41, 5.74) is 9.30. The Morgan fingerprint density at radius 2 is 1.73 bits per heavy atom. The minimum atomic E-state index is 0.949. The highest BCUT2D eigenvalue weighted by Gasteiger charge is 2.06. The van der Waals surface area contributed by atoms with Gasteiger partial charge >= 0.3 is 0 Å². The Labute approximate surface area is 132 Å². The maximum atomic E-state index is 3.58. The monoisotopic (exact) mass is 292 g/mol. The molecular weight excluding hydrogens is 268 g/mol. The van der Waals surface area contributed by atoms with Crippen LogP contribution in [-0.2, 0) is 6.42 Å². The molecule has 0 amide bonds. The van der Waals surface area contributed by atoms with Gasteiger partial charge in [-0.25, -0.2) is 0 Å². The summed E-state index contributed by atoms with van der Waals surface area (Å²) < 4.78 is 0. The quantitative estimate of drug-likeness (QED) is 0.691. The van der Waals surface area contributed by atoms with E-state index in [0.717, 1.165) is 13.0 Å². The summed E-state index contributed by atoms with van der Waals surface area (Å²) >= 11 is 0. The molecule has 0 radical (unpaired) electrons. The van der Waals surface area contributed by atoms with Crippen molar-refractivity contribution in [3.8, 4) is 0 Å². The summed E-state index contributed by atoms with van der Waals surface area (Å²) in [5, 5.41) is 4.93. The number of fused-ring (bicyclic) bond motifs is 1. The summed E-state index contributed by atoms with van der Waals surface area (Å²) in [6, 6.07) is 10.9. The van der Waals surface area contributed by atoms with Gasteiger partial charge < -0.3 is 10.3 Å². The predicted octanol–water partition coefficient (Wildman–Crippen LogP) is 5.06. The largest absolute Gasteiger partial charge is 0.384 e. The third-order valence-electron chi connectivity index (χ3n) is 4.78. The van der Waals surface area contributed by atoms with Gasteiger partial charge in [-0.1, -0.05) is 24.3 Å². The number of aromatic nitrogens is 1. The number of aryl methyl sites for hydroxylation is 2. The fourth-order valence-electron chi connectivity index (χ4n) is 3.05. The topological polar surface area (TPSA) is 27.8 Å². The standard InChI is InChI=1S/C20H24N2/c1-13-8-9-19(16(4)15(13)3)21-11-10-17-12-22-20-14(2)6-5-7-18(17)20/h5-9,12,21-22H,10-11H2,1-4H3. The van der Waals surface area contributed by atoms with Crippen LogP contribution in [0.2, 0.25) is 0 Å². The highest BCUT2D eigenvalue weighted by Crippen LogP contribution is 2.23. The van der Waals surface area contributed by atoms with Gasteiger partial charge in [-0.05, 0) is 68.0 Å². The number of nitrogens with one attached hydrogen (secondary N) is 2. The molecule has 0 aliphatic rings. The van der Waals surface area contributed by atoms with Crippen LogP contribution in [-0.4, -0.2) is 11.5 Å². The first-order valence-electron chi connectivity index (χ1n) is 7.94. The maximum absolute atomic E-state index is 3.58. The fraction of sp³-hybridized carbons (Fsp3) is 0.300. The van der Waals surface area contributed by atoms with Gasteiger partial charge in [-0.2, -0.15) is 0 Å². The highest BCUT2D eigenvalue weighted by molar-refractivity contribution is 5.85. The molecule has 2 N–H and O–H groups in total. The number of anilines is 1. The Morgan fingerprint density at radius 3 is 2.55 bits per heavy atom. The van der Waals surface area contributed by atoms with Gasteiger partial charge in [-0.3, -0.25) is 0 Å². The average molecular weight is 292 g/mol. The van der Waals surface area contributed by atoms with Crippen LogP contribution in [0.25, 0.3) is 10.9 Å². The number of H-pyrrole nitrogens is 1. The van der Waals surface area contributed by atoms with Crippen LogP contribution in [0.5, 0.6) is 0 Å². The van der Waals surface area contributed by atoms with E-state index < -0.39 is 0 Å². The van der Waals surface area contributed by atoms with Crippen molar-refractivity contribution in [2.45, 2.75) is 34.1 Å². The fourth-order valence-corrected chi connectivity index (χ4v) is 3.05. The SMILES string of the molecule is Cc1ccc(NCCc2c[nH]c3c(C)cccc23)c(C)c1C. The lowest BCUT2D eigenvalue weighted by atomic mass is 10.0. The molecule has 114 valence electrons. The van der Waals surface area contributed by atoms with Crippen molar-refractivity contribution in [2.75, 3.05) is 11.9 Å². The molecule has 2 aromatic carbocycles. The number of rotatable bonds is 4. The molecule has 3 aromatic rings. The van der Waals surface area contributed by atoms with Crippen molar-refractivity contribution in [3.05, 3.63) is 64.3 Å². The molecule has 0 saturated heterocycles. The Bertz CT molecular complexity index is 812. The molecule has 0 aliphatic carbocycles. The second kappa shape index (κ2) is 5.88. The van der Waals surface area contributed by atoms with Crippen molar-refractivity contribution in [2.24, 2.45) is 0 Å². The normalized spacial score (nSPS) is 11.1. The van der Waals surface area contributed by atoms with Crippen LogP contribution in [0.1, 0.15) is 27.8 Å². The van der Waals surface area contributed by atoms with Crippen LogP contribution < -0.4 is 5.32 Å². The van der Waals surface area contributed by atoms with E-state index in [1.165, 1.54) is 44.4 Å². The van der Waals surface area contributed by atoms with Crippen LogP contribution in [0.4, 0.5) is 5.69 Å². The van der Waals surface area contributed by atoms with E-state index in [4.69, 9.17) is 0 Å². The highest BCUT2D eigenvalue weighted by atomic mass is 14.9. The molecule has 3 rings (SSSR count). The second-order valence-electron chi connectivity index (χ2n) is 6.17. The molecular formula is C20H24N2. The Morgan fingerprint density at radius 1 is 0.909 bits per heavy atom. The van der Waals surface area contributed by atoms with Gasteiger partial charge in [0.25, 0.3) is 0 Å². The van der Waals surface area contributed by atoms with Gasteiger partial charge in [0.1, 0.15) is 0 Å². The zero-order valence-corrected chi connectivity index (χ0v) is 13.9. The van der Waals surface area contributed by atoms with E-state index in [0.29, 0.717) is 0 Å². The van der Waals surface area contributed by atoms with Crippen LogP contribution >= 0.6 is 0 Å². The molecule has 0 fully saturated rings. The molecule has 0 unspecified atom stereocenters. The van der Waals surface area contributed by atoms with Crippen molar-refractivity contribution >= 4 is 16.6 Å². The van der Waals surface area contributed by atoms with E-state index in [9.17, 15) is 0 Å². The third kappa shape index (κ3) is 2.61. The van der Waals surface area contributed by atoms with E-state index in [2.05, 4.69) is 74.5 Å². The number of para-hydroxylation sites is 1. The summed E-state index contributed by atoms with van der Waals surface area (Å²) in [7, 11) is 0. The maximum Gasteiger partial charge on any atom is 0.0486 e. The van der Waals surface area contributed by atoms with Gasteiger partial charge in [-0.15, -0.1) is 0 Å². The number of hydrogen-bond donors (Lipinski definition) is 2. The van der Waals surface area contributed by atoms with E-state index >= 15 is 0 Å². The molecule has 1 heterocycles. The first-order valence-corrected chi connectivity index (χ1v) is 7.94. The predicted molar refractivity (Wildman–Crippen MR) is 95.9 cm³/mol. The van der Waals surface area contributed by atoms with E-state index in [1.807, 2.05) is 0 Å². The zero-order chi connectivity index (χ0) is 15.7. The first kappa shape index (κ1) is 14.7. The molecule has 0 aliphatic heterocycles. The lowest BCUT2D eigenvalue weighted by Gasteiger charge is -2.13. The summed E-state index contributed by atoms with van der Waals surface area (Å²) in [6.07, 6.45) is 3.17. The molecule has 0 bridgehead atoms. The van der Waals surface area contributed by atoms with Crippen molar-refractivity contribution < 1.29 is 0 Å². The molecule has 0 spiro atoms. The molecule has 0 saturated carbocycles. The Hall–Kier alpha value is -2.22. The van der Waals surface area contributed by atoms with E-state index in [-0.39, 0.29) is 0 Å². The summed E-state index contributed by atoms with van der Waals surface area (Å²) in [4.78, 5) is 3.41. The van der Waals surface area contributed by atoms with Crippen LogP contribution in [0.3, 0.4) is 0 Å².